The highest BCUT2D eigenvalue weighted by Gasteiger charge is 2.12. The van der Waals surface area contributed by atoms with Gasteiger partial charge in [-0.25, -0.2) is 4.98 Å². The molecule has 0 unspecified atom stereocenters. The molecule has 114 valence electrons. The summed E-state index contributed by atoms with van der Waals surface area (Å²) in [5, 5.41) is 7.52. The summed E-state index contributed by atoms with van der Waals surface area (Å²) < 4.78 is 8.65. The van der Waals surface area contributed by atoms with E-state index in [1.54, 1.807) is 4.68 Å². The van der Waals surface area contributed by atoms with Crippen LogP contribution in [0.2, 0.25) is 0 Å². The van der Waals surface area contributed by atoms with Crippen molar-refractivity contribution in [3.63, 3.8) is 0 Å². The van der Waals surface area contributed by atoms with Gasteiger partial charge in [-0.15, -0.1) is 0 Å². The number of aromatic nitrogens is 3. The van der Waals surface area contributed by atoms with Crippen molar-refractivity contribution in [2.24, 2.45) is 7.05 Å². The Kier molecular flexibility index (Phi) is 5.00. The van der Waals surface area contributed by atoms with Gasteiger partial charge in [-0.1, -0.05) is 15.9 Å². The van der Waals surface area contributed by atoms with Crippen LogP contribution in [0.3, 0.4) is 0 Å². The summed E-state index contributed by atoms with van der Waals surface area (Å²) in [6, 6.07) is 6.03. The Bertz CT molecular complexity index is 604. The summed E-state index contributed by atoms with van der Waals surface area (Å²) in [5.74, 6) is 1.66. The Morgan fingerprint density at radius 1 is 1.33 bits per heavy atom. The number of nitrogens with one attached hydrogen (secondary N) is 1. The standard InChI is InChI=1S/C15H21BrN4O/c1-15(2,3)18-8-11-7-12(16)5-6-13(11)21-9-14-17-10-19-20(14)4/h5-7,10,18H,8-9H2,1-4H3. The Morgan fingerprint density at radius 3 is 2.71 bits per heavy atom. The van der Waals surface area contributed by atoms with E-state index in [2.05, 4.69) is 58.2 Å². The van der Waals surface area contributed by atoms with Crippen molar-refractivity contribution in [2.45, 2.75) is 39.5 Å². The molecule has 0 saturated heterocycles. The number of rotatable bonds is 5. The number of hydrogen-bond donors (Lipinski definition) is 1. The minimum atomic E-state index is 0.0587. The van der Waals surface area contributed by atoms with Crippen molar-refractivity contribution >= 4 is 15.9 Å². The molecular weight excluding hydrogens is 332 g/mol. The molecule has 21 heavy (non-hydrogen) atoms. The molecule has 1 heterocycles. The Labute approximate surface area is 133 Å². The second-order valence-corrected chi connectivity index (χ2v) is 6.86. The van der Waals surface area contributed by atoms with Gasteiger partial charge in [0.1, 0.15) is 18.7 Å². The first-order chi connectivity index (χ1) is 9.85. The zero-order chi connectivity index (χ0) is 15.5. The quantitative estimate of drug-likeness (QED) is 0.898. The summed E-state index contributed by atoms with van der Waals surface area (Å²) in [6.45, 7) is 7.58. The van der Waals surface area contributed by atoms with Crippen LogP contribution in [0.25, 0.3) is 0 Å². The molecule has 5 nitrogen and oxygen atoms in total. The van der Waals surface area contributed by atoms with Gasteiger partial charge in [-0.2, -0.15) is 5.10 Å². The number of nitrogens with zero attached hydrogens (tertiary/aromatic N) is 3. The van der Waals surface area contributed by atoms with Gasteiger partial charge in [0, 0.05) is 29.2 Å². The fraction of sp³-hybridized carbons (Fsp3) is 0.467. The van der Waals surface area contributed by atoms with E-state index in [0.717, 1.165) is 28.2 Å². The summed E-state index contributed by atoms with van der Waals surface area (Å²) in [7, 11) is 1.86. The van der Waals surface area contributed by atoms with Crippen LogP contribution in [0.5, 0.6) is 5.75 Å². The maximum absolute atomic E-state index is 5.90. The molecule has 2 aromatic rings. The van der Waals surface area contributed by atoms with Crippen LogP contribution in [0.4, 0.5) is 0 Å². The number of benzene rings is 1. The molecule has 1 aromatic carbocycles. The SMILES string of the molecule is Cn1ncnc1COc1ccc(Br)cc1CNC(C)(C)C. The fourth-order valence-corrected chi connectivity index (χ4v) is 2.19. The molecule has 1 aromatic heterocycles. The van der Waals surface area contributed by atoms with E-state index in [4.69, 9.17) is 4.74 Å². The van der Waals surface area contributed by atoms with Gasteiger partial charge in [0.2, 0.25) is 0 Å². The normalized spacial score (nSPS) is 11.7. The minimum Gasteiger partial charge on any atom is -0.485 e. The zero-order valence-corrected chi connectivity index (χ0v) is 14.4. The highest BCUT2D eigenvalue weighted by atomic mass is 79.9. The second kappa shape index (κ2) is 6.58. The van der Waals surface area contributed by atoms with Crippen molar-refractivity contribution in [2.75, 3.05) is 0 Å². The van der Waals surface area contributed by atoms with Gasteiger partial charge < -0.3 is 10.1 Å². The third-order valence-electron chi connectivity index (χ3n) is 2.99. The second-order valence-electron chi connectivity index (χ2n) is 5.94. The molecule has 1 N–H and O–H groups in total. The molecule has 0 atom stereocenters. The lowest BCUT2D eigenvalue weighted by molar-refractivity contribution is 0.284. The summed E-state index contributed by atoms with van der Waals surface area (Å²) in [5.41, 5.74) is 1.17. The van der Waals surface area contributed by atoms with Gasteiger partial charge >= 0.3 is 0 Å². The van der Waals surface area contributed by atoms with Gasteiger partial charge in [0.25, 0.3) is 0 Å². The van der Waals surface area contributed by atoms with Crippen LogP contribution >= 0.6 is 15.9 Å². The molecule has 0 amide bonds. The first-order valence-electron chi connectivity index (χ1n) is 6.84. The molecule has 6 heteroatoms. The first kappa shape index (κ1) is 16.0. The maximum Gasteiger partial charge on any atom is 0.164 e. The molecule has 0 aliphatic carbocycles. The Morgan fingerprint density at radius 2 is 2.10 bits per heavy atom. The molecule has 0 fully saturated rings. The van der Waals surface area contributed by atoms with Crippen LogP contribution in [0.1, 0.15) is 32.2 Å². The zero-order valence-electron chi connectivity index (χ0n) is 12.9. The third kappa shape index (κ3) is 4.82. The van der Waals surface area contributed by atoms with Crippen molar-refractivity contribution < 1.29 is 4.74 Å². The highest BCUT2D eigenvalue weighted by Crippen LogP contribution is 2.24. The molecule has 0 radical (unpaired) electrons. The van der Waals surface area contributed by atoms with Gasteiger partial charge in [0.05, 0.1) is 0 Å². The molecule has 0 aliphatic heterocycles. The number of halogens is 1. The van der Waals surface area contributed by atoms with Crippen LogP contribution in [0, 0.1) is 0 Å². The number of hydrogen-bond acceptors (Lipinski definition) is 4. The van der Waals surface area contributed by atoms with E-state index in [-0.39, 0.29) is 5.54 Å². The average molecular weight is 353 g/mol. The predicted octanol–water partition coefficient (Wildman–Crippen LogP) is 3.04. The van der Waals surface area contributed by atoms with Crippen LogP contribution in [-0.2, 0) is 20.2 Å². The van der Waals surface area contributed by atoms with Gasteiger partial charge in [0.15, 0.2) is 5.82 Å². The van der Waals surface area contributed by atoms with E-state index < -0.39 is 0 Å². The van der Waals surface area contributed by atoms with Crippen molar-refractivity contribution in [1.82, 2.24) is 20.1 Å². The van der Waals surface area contributed by atoms with Crippen molar-refractivity contribution in [3.05, 3.63) is 40.4 Å². The van der Waals surface area contributed by atoms with E-state index in [0.29, 0.717) is 6.61 Å². The van der Waals surface area contributed by atoms with Crippen molar-refractivity contribution in [1.29, 1.82) is 0 Å². The van der Waals surface area contributed by atoms with E-state index in [9.17, 15) is 0 Å². The first-order valence-corrected chi connectivity index (χ1v) is 7.63. The lowest BCUT2D eigenvalue weighted by Crippen LogP contribution is -2.35. The molecule has 0 aliphatic rings. The van der Waals surface area contributed by atoms with Crippen LogP contribution < -0.4 is 10.1 Å². The van der Waals surface area contributed by atoms with Gasteiger partial charge in [-0.3, -0.25) is 4.68 Å². The van der Waals surface area contributed by atoms with E-state index >= 15 is 0 Å². The molecule has 0 bridgehead atoms. The molecule has 0 spiro atoms. The predicted molar refractivity (Wildman–Crippen MR) is 86.1 cm³/mol. The summed E-state index contributed by atoms with van der Waals surface area (Å²) >= 11 is 3.51. The lowest BCUT2D eigenvalue weighted by Gasteiger charge is -2.21. The van der Waals surface area contributed by atoms with Crippen LogP contribution in [0.15, 0.2) is 29.0 Å². The monoisotopic (exact) mass is 352 g/mol. The maximum atomic E-state index is 5.90. The lowest BCUT2D eigenvalue weighted by atomic mass is 10.1. The third-order valence-corrected chi connectivity index (χ3v) is 3.49. The van der Waals surface area contributed by atoms with Crippen LogP contribution in [-0.4, -0.2) is 20.3 Å². The van der Waals surface area contributed by atoms with Crippen molar-refractivity contribution in [3.8, 4) is 5.75 Å². The molecule has 2 rings (SSSR count). The van der Waals surface area contributed by atoms with E-state index in [1.165, 1.54) is 6.33 Å². The Hall–Kier alpha value is -1.40. The topological polar surface area (TPSA) is 52.0 Å². The fourth-order valence-electron chi connectivity index (χ4n) is 1.78. The number of ether oxygens (including phenoxy) is 1. The smallest absolute Gasteiger partial charge is 0.164 e. The minimum absolute atomic E-state index is 0.0587. The number of aryl methyl sites for hydroxylation is 1. The molecular formula is C15H21BrN4O. The summed E-state index contributed by atoms with van der Waals surface area (Å²) in [4.78, 5) is 4.17. The van der Waals surface area contributed by atoms with Gasteiger partial charge in [-0.05, 0) is 39.0 Å². The molecule has 0 saturated carbocycles. The highest BCUT2D eigenvalue weighted by molar-refractivity contribution is 9.10. The van der Waals surface area contributed by atoms with E-state index in [1.807, 2.05) is 19.2 Å². The Balaban J connectivity index is 2.09. The average Bonchev–Trinajstić information content (AvgIpc) is 2.80. The summed E-state index contributed by atoms with van der Waals surface area (Å²) in [6.07, 6.45) is 1.53. The largest absolute Gasteiger partial charge is 0.485 e.